The highest BCUT2D eigenvalue weighted by atomic mass is 35.5. The number of carbonyl (C=O) groups excluding carboxylic acids is 2. The zero-order valence-electron chi connectivity index (χ0n) is 13.5. The van der Waals surface area contributed by atoms with Gasteiger partial charge in [-0.25, -0.2) is 0 Å². The van der Waals surface area contributed by atoms with Gasteiger partial charge in [0.15, 0.2) is 0 Å². The largest absolute Gasteiger partial charge is 0.481 e. The normalized spacial score (nSPS) is 15.2. The highest BCUT2D eigenvalue weighted by molar-refractivity contribution is 6.34. The van der Waals surface area contributed by atoms with Crippen molar-refractivity contribution in [3.05, 3.63) is 28.8 Å². The van der Waals surface area contributed by atoms with Crippen LogP contribution in [0.5, 0.6) is 0 Å². The minimum Gasteiger partial charge on any atom is -0.481 e. The number of aliphatic carboxylic acids is 1. The Kier molecular flexibility index (Phi) is 5.83. The summed E-state index contributed by atoms with van der Waals surface area (Å²) in [6.45, 7) is 2.51. The Balaban J connectivity index is 2.00. The third kappa shape index (κ3) is 4.06. The van der Waals surface area contributed by atoms with E-state index in [1.54, 1.807) is 12.1 Å². The molecule has 3 N–H and O–H groups in total. The molecule has 0 aromatic heterocycles. The van der Waals surface area contributed by atoms with Crippen molar-refractivity contribution < 1.29 is 19.5 Å². The molecule has 0 bridgehead atoms. The lowest BCUT2D eigenvalue weighted by atomic mass is 9.66. The van der Waals surface area contributed by atoms with E-state index in [0.29, 0.717) is 30.6 Å². The van der Waals surface area contributed by atoms with Gasteiger partial charge in [0.1, 0.15) is 0 Å². The van der Waals surface area contributed by atoms with Crippen molar-refractivity contribution in [2.75, 3.05) is 11.9 Å². The third-order valence-electron chi connectivity index (χ3n) is 4.30. The molecule has 1 aromatic carbocycles. The molecular weight excluding hydrogens is 332 g/mol. The summed E-state index contributed by atoms with van der Waals surface area (Å²) in [4.78, 5) is 35.3. The number of halogens is 1. The zero-order chi connectivity index (χ0) is 17.7. The van der Waals surface area contributed by atoms with Crippen LogP contribution in [0.2, 0.25) is 5.02 Å². The van der Waals surface area contributed by atoms with Crippen LogP contribution in [0.3, 0.4) is 0 Å². The Bertz CT molecular complexity index is 656. The van der Waals surface area contributed by atoms with Crippen LogP contribution in [0.4, 0.5) is 5.69 Å². The molecule has 0 atom stereocenters. The van der Waals surface area contributed by atoms with Crippen LogP contribution >= 0.6 is 11.6 Å². The second kappa shape index (κ2) is 7.66. The van der Waals surface area contributed by atoms with E-state index >= 15 is 0 Å². The number of carbonyl (C=O) groups is 3. The van der Waals surface area contributed by atoms with Gasteiger partial charge in [-0.2, -0.15) is 0 Å². The van der Waals surface area contributed by atoms with Crippen molar-refractivity contribution in [3.63, 3.8) is 0 Å². The fourth-order valence-corrected chi connectivity index (χ4v) is 2.96. The lowest BCUT2D eigenvalue weighted by Crippen LogP contribution is -2.41. The quantitative estimate of drug-likeness (QED) is 0.702. The van der Waals surface area contributed by atoms with E-state index in [1.165, 1.54) is 6.07 Å². The first-order chi connectivity index (χ1) is 11.4. The summed E-state index contributed by atoms with van der Waals surface area (Å²) in [6, 6.07) is 4.62. The van der Waals surface area contributed by atoms with Gasteiger partial charge in [-0.15, -0.1) is 0 Å². The Morgan fingerprint density at radius 2 is 2.00 bits per heavy atom. The molecule has 1 aliphatic carbocycles. The predicted molar refractivity (Wildman–Crippen MR) is 91.2 cm³/mol. The summed E-state index contributed by atoms with van der Waals surface area (Å²) in [5.41, 5.74) is -0.158. The van der Waals surface area contributed by atoms with Gasteiger partial charge in [0.25, 0.3) is 5.91 Å². The molecule has 24 heavy (non-hydrogen) atoms. The van der Waals surface area contributed by atoms with E-state index in [4.69, 9.17) is 11.6 Å². The van der Waals surface area contributed by atoms with Crippen molar-refractivity contribution in [1.29, 1.82) is 0 Å². The molecule has 1 aromatic rings. The molecule has 2 rings (SSSR count). The molecule has 7 heteroatoms. The maximum atomic E-state index is 12.1. The first kappa shape index (κ1) is 18.3. The highest BCUT2D eigenvalue weighted by Gasteiger charge is 2.45. The number of rotatable bonds is 7. The summed E-state index contributed by atoms with van der Waals surface area (Å²) in [5, 5.41) is 14.9. The molecule has 0 saturated heterocycles. The molecule has 0 heterocycles. The standard InChI is InChI=1S/C17H21ClN2O4/c1-2-8-19-15(22)12-5-4-11(9-13(12)18)20-14(21)10-17(16(23)24)6-3-7-17/h4-5,9H,2-3,6-8,10H2,1H3,(H,19,22)(H,20,21)(H,23,24). The molecule has 0 aliphatic heterocycles. The summed E-state index contributed by atoms with van der Waals surface area (Å²) in [7, 11) is 0. The summed E-state index contributed by atoms with van der Waals surface area (Å²) < 4.78 is 0. The van der Waals surface area contributed by atoms with Crippen molar-refractivity contribution in [1.82, 2.24) is 5.32 Å². The van der Waals surface area contributed by atoms with E-state index in [9.17, 15) is 19.5 Å². The number of anilines is 1. The smallest absolute Gasteiger partial charge is 0.310 e. The van der Waals surface area contributed by atoms with E-state index in [0.717, 1.165) is 12.8 Å². The second-order valence-corrected chi connectivity index (χ2v) is 6.52. The van der Waals surface area contributed by atoms with E-state index in [2.05, 4.69) is 10.6 Å². The second-order valence-electron chi connectivity index (χ2n) is 6.11. The summed E-state index contributed by atoms with van der Waals surface area (Å²) in [6.07, 6.45) is 2.63. The molecule has 6 nitrogen and oxygen atoms in total. The fraction of sp³-hybridized carbons (Fsp3) is 0.471. The van der Waals surface area contributed by atoms with Crippen molar-refractivity contribution in [2.45, 2.75) is 39.0 Å². The lowest BCUT2D eigenvalue weighted by Gasteiger charge is -2.36. The number of amides is 2. The molecule has 1 saturated carbocycles. The summed E-state index contributed by atoms with van der Waals surface area (Å²) in [5.74, 6) is -1.56. The Hall–Kier alpha value is -2.08. The van der Waals surface area contributed by atoms with E-state index in [-0.39, 0.29) is 23.3 Å². The number of hydrogen-bond donors (Lipinski definition) is 3. The van der Waals surface area contributed by atoms with Gasteiger partial charge in [-0.1, -0.05) is 24.9 Å². The topological polar surface area (TPSA) is 95.5 Å². The molecule has 0 unspecified atom stereocenters. The fourth-order valence-electron chi connectivity index (χ4n) is 2.69. The first-order valence-corrected chi connectivity index (χ1v) is 8.37. The van der Waals surface area contributed by atoms with Gasteiger partial charge in [-0.3, -0.25) is 14.4 Å². The van der Waals surface area contributed by atoms with Crippen LogP contribution in [-0.4, -0.2) is 29.4 Å². The maximum absolute atomic E-state index is 12.1. The SMILES string of the molecule is CCCNC(=O)c1ccc(NC(=O)CC2(C(=O)O)CCC2)cc1Cl. The van der Waals surface area contributed by atoms with Gasteiger partial charge in [0.2, 0.25) is 5.91 Å². The number of nitrogens with one attached hydrogen (secondary N) is 2. The molecule has 1 aliphatic rings. The Morgan fingerprint density at radius 3 is 2.50 bits per heavy atom. The van der Waals surface area contributed by atoms with Gasteiger partial charge < -0.3 is 15.7 Å². The number of benzene rings is 1. The average molecular weight is 353 g/mol. The third-order valence-corrected chi connectivity index (χ3v) is 4.61. The van der Waals surface area contributed by atoms with Crippen LogP contribution in [-0.2, 0) is 9.59 Å². The minimum atomic E-state index is -0.937. The zero-order valence-corrected chi connectivity index (χ0v) is 14.3. The monoisotopic (exact) mass is 352 g/mol. The Morgan fingerprint density at radius 1 is 1.29 bits per heavy atom. The molecule has 1 fully saturated rings. The predicted octanol–water partition coefficient (Wildman–Crippen LogP) is 3.06. The van der Waals surface area contributed by atoms with Crippen LogP contribution in [0.1, 0.15) is 49.4 Å². The van der Waals surface area contributed by atoms with Crippen molar-refractivity contribution in [2.24, 2.45) is 5.41 Å². The van der Waals surface area contributed by atoms with Crippen molar-refractivity contribution in [3.8, 4) is 0 Å². The molecular formula is C17H21ClN2O4. The maximum Gasteiger partial charge on any atom is 0.310 e. The molecule has 2 amide bonds. The van der Waals surface area contributed by atoms with Gasteiger partial charge in [0, 0.05) is 18.7 Å². The van der Waals surface area contributed by atoms with Crippen LogP contribution in [0, 0.1) is 5.41 Å². The van der Waals surface area contributed by atoms with Crippen molar-refractivity contribution >= 4 is 35.1 Å². The summed E-state index contributed by atoms with van der Waals surface area (Å²) >= 11 is 6.10. The first-order valence-electron chi connectivity index (χ1n) is 7.99. The molecule has 0 spiro atoms. The van der Waals surface area contributed by atoms with Crippen LogP contribution in [0.25, 0.3) is 0 Å². The number of carboxylic acids is 1. The highest BCUT2D eigenvalue weighted by Crippen LogP contribution is 2.44. The number of carboxylic acid groups (broad SMARTS) is 1. The minimum absolute atomic E-state index is 0.0569. The molecule has 130 valence electrons. The van der Waals surface area contributed by atoms with Gasteiger partial charge in [-0.05, 0) is 37.5 Å². The van der Waals surface area contributed by atoms with Gasteiger partial charge >= 0.3 is 5.97 Å². The average Bonchev–Trinajstić information content (AvgIpc) is 2.48. The van der Waals surface area contributed by atoms with Crippen LogP contribution in [0.15, 0.2) is 18.2 Å². The van der Waals surface area contributed by atoms with E-state index in [1.807, 2.05) is 6.92 Å². The van der Waals surface area contributed by atoms with E-state index < -0.39 is 11.4 Å². The number of hydrogen-bond acceptors (Lipinski definition) is 3. The van der Waals surface area contributed by atoms with Crippen LogP contribution < -0.4 is 10.6 Å². The molecule has 0 radical (unpaired) electrons. The van der Waals surface area contributed by atoms with Gasteiger partial charge in [0.05, 0.1) is 16.0 Å². The Labute approximate surface area is 145 Å². The lowest BCUT2D eigenvalue weighted by molar-refractivity contribution is -0.157.